The standard InChI is InChI=1S/C13H21NOS/c1-10(2)11-3-5-13(15,6-4-11)9-12-14-7-8-16-12/h7-8,10-11,15H,3-6,9H2,1-2H3. The van der Waals surface area contributed by atoms with Crippen LogP contribution in [0.2, 0.25) is 0 Å². The van der Waals surface area contributed by atoms with E-state index in [9.17, 15) is 5.11 Å². The van der Waals surface area contributed by atoms with Gasteiger partial charge in [-0.2, -0.15) is 0 Å². The van der Waals surface area contributed by atoms with E-state index in [1.54, 1.807) is 11.3 Å². The number of nitrogens with zero attached hydrogens (tertiary/aromatic N) is 1. The Morgan fingerprint density at radius 3 is 2.69 bits per heavy atom. The van der Waals surface area contributed by atoms with Crippen LogP contribution in [0, 0.1) is 11.8 Å². The predicted molar refractivity (Wildman–Crippen MR) is 67.6 cm³/mol. The Morgan fingerprint density at radius 2 is 2.19 bits per heavy atom. The lowest BCUT2D eigenvalue weighted by molar-refractivity contribution is -0.0146. The first-order chi connectivity index (χ1) is 7.59. The minimum absolute atomic E-state index is 0.483. The minimum Gasteiger partial charge on any atom is -0.389 e. The van der Waals surface area contributed by atoms with Crippen molar-refractivity contribution in [2.45, 2.75) is 51.6 Å². The SMILES string of the molecule is CC(C)C1CCC(O)(Cc2nccs2)CC1. The van der Waals surface area contributed by atoms with E-state index in [1.165, 1.54) is 12.8 Å². The third-order valence-corrected chi connectivity index (χ3v) is 4.65. The highest BCUT2D eigenvalue weighted by Crippen LogP contribution is 2.37. The van der Waals surface area contributed by atoms with Crippen molar-refractivity contribution in [2.24, 2.45) is 11.8 Å². The van der Waals surface area contributed by atoms with Gasteiger partial charge in [-0.25, -0.2) is 4.98 Å². The molecule has 0 spiro atoms. The summed E-state index contributed by atoms with van der Waals surface area (Å²) in [7, 11) is 0. The Balaban J connectivity index is 1.91. The molecule has 1 N–H and O–H groups in total. The smallest absolute Gasteiger partial charge is 0.0953 e. The van der Waals surface area contributed by atoms with Crippen LogP contribution < -0.4 is 0 Å². The minimum atomic E-state index is -0.483. The second kappa shape index (κ2) is 4.84. The average Bonchev–Trinajstić information content (AvgIpc) is 2.70. The van der Waals surface area contributed by atoms with Gasteiger partial charge in [0.25, 0.3) is 0 Å². The number of rotatable bonds is 3. The molecule has 0 bridgehead atoms. The first-order valence-electron chi connectivity index (χ1n) is 6.20. The highest BCUT2D eigenvalue weighted by molar-refractivity contribution is 7.09. The lowest BCUT2D eigenvalue weighted by Crippen LogP contribution is -2.37. The molecule has 0 aromatic carbocycles. The predicted octanol–water partition coefficient (Wildman–Crippen LogP) is 3.26. The molecule has 1 saturated carbocycles. The largest absolute Gasteiger partial charge is 0.389 e. The van der Waals surface area contributed by atoms with Crippen LogP contribution in [0.1, 0.15) is 44.5 Å². The first-order valence-corrected chi connectivity index (χ1v) is 7.08. The Morgan fingerprint density at radius 1 is 1.50 bits per heavy atom. The van der Waals surface area contributed by atoms with Crippen LogP contribution in [0.5, 0.6) is 0 Å². The van der Waals surface area contributed by atoms with Crippen LogP contribution in [0.15, 0.2) is 11.6 Å². The summed E-state index contributed by atoms with van der Waals surface area (Å²) in [6.07, 6.45) is 6.78. The fourth-order valence-electron chi connectivity index (χ4n) is 2.64. The maximum atomic E-state index is 10.5. The van der Waals surface area contributed by atoms with Crippen molar-refractivity contribution in [3.63, 3.8) is 0 Å². The molecule has 1 aliphatic rings. The number of aliphatic hydroxyl groups is 1. The second-order valence-corrected chi connectivity index (χ2v) is 6.39. The topological polar surface area (TPSA) is 33.1 Å². The summed E-state index contributed by atoms with van der Waals surface area (Å²) in [5, 5.41) is 13.6. The highest BCUT2D eigenvalue weighted by atomic mass is 32.1. The normalized spacial score (nSPS) is 30.9. The number of hydrogen-bond acceptors (Lipinski definition) is 3. The van der Waals surface area contributed by atoms with Crippen LogP contribution in [0.25, 0.3) is 0 Å². The van der Waals surface area contributed by atoms with E-state index < -0.39 is 5.60 Å². The maximum Gasteiger partial charge on any atom is 0.0953 e. The molecule has 90 valence electrons. The van der Waals surface area contributed by atoms with Gasteiger partial charge in [-0.05, 0) is 37.5 Å². The molecule has 3 heteroatoms. The van der Waals surface area contributed by atoms with Gasteiger partial charge in [-0.15, -0.1) is 11.3 Å². The van der Waals surface area contributed by atoms with Crippen LogP contribution >= 0.6 is 11.3 Å². The summed E-state index contributed by atoms with van der Waals surface area (Å²) in [6, 6.07) is 0. The molecule has 0 atom stereocenters. The molecule has 0 radical (unpaired) electrons. The molecule has 1 fully saturated rings. The Labute approximate surface area is 102 Å². The van der Waals surface area contributed by atoms with Gasteiger partial charge in [-0.1, -0.05) is 13.8 Å². The lowest BCUT2D eigenvalue weighted by Gasteiger charge is -2.37. The number of thiazole rings is 1. The summed E-state index contributed by atoms with van der Waals surface area (Å²) in [5.74, 6) is 1.56. The highest BCUT2D eigenvalue weighted by Gasteiger charge is 2.34. The van der Waals surface area contributed by atoms with Crippen LogP contribution in [0.3, 0.4) is 0 Å². The van der Waals surface area contributed by atoms with E-state index in [0.29, 0.717) is 0 Å². The molecule has 0 aliphatic heterocycles. The molecule has 1 aromatic heterocycles. The van der Waals surface area contributed by atoms with Crippen LogP contribution in [0.4, 0.5) is 0 Å². The summed E-state index contributed by atoms with van der Waals surface area (Å²) < 4.78 is 0. The van der Waals surface area contributed by atoms with Gasteiger partial charge in [0.05, 0.1) is 10.6 Å². The molecule has 0 saturated heterocycles. The molecule has 0 unspecified atom stereocenters. The van der Waals surface area contributed by atoms with Crippen molar-refractivity contribution in [3.05, 3.63) is 16.6 Å². The molecule has 2 rings (SSSR count). The fraction of sp³-hybridized carbons (Fsp3) is 0.769. The van der Waals surface area contributed by atoms with Crippen LogP contribution in [-0.4, -0.2) is 15.7 Å². The molecular weight excluding hydrogens is 218 g/mol. The van der Waals surface area contributed by atoms with E-state index in [-0.39, 0.29) is 0 Å². The van der Waals surface area contributed by atoms with E-state index in [4.69, 9.17) is 0 Å². The van der Waals surface area contributed by atoms with Gasteiger partial charge in [0, 0.05) is 18.0 Å². The molecule has 2 nitrogen and oxygen atoms in total. The Hall–Kier alpha value is -0.410. The second-order valence-electron chi connectivity index (χ2n) is 5.41. The monoisotopic (exact) mass is 239 g/mol. The third-order valence-electron chi connectivity index (χ3n) is 3.87. The molecule has 1 heterocycles. The van der Waals surface area contributed by atoms with Gasteiger partial charge in [0.1, 0.15) is 0 Å². The Bertz CT molecular complexity index is 313. The zero-order valence-corrected chi connectivity index (χ0v) is 11.0. The van der Waals surface area contributed by atoms with Crippen molar-refractivity contribution >= 4 is 11.3 Å². The summed E-state index contributed by atoms with van der Waals surface area (Å²) in [6.45, 7) is 4.58. The zero-order chi connectivity index (χ0) is 11.6. The first kappa shape index (κ1) is 12.1. The van der Waals surface area contributed by atoms with Gasteiger partial charge < -0.3 is 5.11 Å². The molecular formula is C13H21NOS. The quantitative estimate of drug-likeness (QED) is 0.878. The summed E-state index contributed by atoms with van der Waals surface area (Å²) in [4.78, 5) is 4.27. The maximum absolute atomic E-state index is 10.5. The van der Waals surface area contributed by atoms with Crippen molar-refractivity contribution < 1.29 is 5.11 Å². The van der Waals surface area contributed by atoms with Crippen LogP contribution in [-0.2, 0) is 6.42 Å². The van der Waals surface area contributed by atoms with E-state index in [2.05, 4.69) is 18.8 Å². The van der Waals surface area contributed by atoms with Crippen molar-refractivity contribution in [1.29, 1.82) is 0 Å². The van der Waals surface area contributed by atoms with Gasteiger partial charge in [0.2, 0.25) is 0 Å². The molecule has 1 aromatic rings. The molecule has 1 aliphatic carbocycles. The zero-order valence-electron chi connectivity index (χ0n) is 10.1. The van der Waals surface area contributed by atoms with Crippen molar-refractivity contribution in [1.82, 2.24) is 4.98 Å². The Kier molecular flexibility index (Phi) is 3.65. The summed E-state index contributed by atoms with van der Waals surface area (Å²) in [5.41, 5.74) is -0.483. The fourth-order valence-corrected chi connectivity index (χ4v) is 3.40. The van der Waals surface area contributed by atoms with Crippen molar-refractivity contribution in [2.75, 3.05) is 0 Å². The van der Waals surface area contributed by atoms with Crippen molar-refractivity contribution in [3.8, 4) is 0 Å². The van der Waals surface area contributed by atoms with Gasteiger partial charge in [0.15, 0.2) is 0 Å². The number of hydrogen-bond donors (Lipinski definition) is 1. The average molecular weight is 239 g/mol. The third kappa shape index (κ3) is 2.83. The summed E-state index contributed by atoms with van der Waals surface area (Å²) >= 11 is 1.65. The van der Waals surface area contributed by atoms with E-state index in [1.807, 2.05) is 11.6 Å². The van der Waals surface area contributed by atoms with Gasteiger partial charge in [-0.3, -0.25) is 0 Å². The molecule has 16 heavy (non-hydrogen) atoms. The van der Waals surface area contributed by atoms with E-state index >= 15 is 0 Å². The van der Waals surface area contributed by atoms with E-state index in [0.717, 1.165) is 36.1 Å². The lowest BCUT2D eigenvalue weighted by atomic mass is 9.73. The number of aromatic nitrogens is 1. The molecule has 0 amide bonds. The van der Waals surface area contributed by atoms with Gasteiger partial charge >= 0.3 is 0 Å².